The maximum absolute atomic E-state index is 5.17. The van der Waals surface area contributed by atoms with E-state index in [0.29, 0.717) is 16.6 Å². The first kappa shape index (κ1) is 17.6. The first-order chi connectivity index (χ1) is 13.2. The molecule has 0 bridgehead atoms. The Bertz CT molecular complexity index is 1080. The Morgan fingerprint density at radius 2 is 1.89 bits per heavy atom. The number of aromatic nitrogens is 5. The second-order valence-corrected chi connectivity index (χ2v) is 7.27. The molecule has 2 aromatic carbocycles. The van der Waals surface area contributed by atoms with Gasteiger partial charge in [-0.15, -0.1) is 5.10 Å². The quantitative estimate of drug-likeness (QED) is 0.486. The van der Waals surface area contributed by atoms with Gasteiger partial charge in [0.25, 0.3) is 0 Å². The largest absolute Gasteiger partial charge is 0.497 e. The zero-order valence-corrected chi connectivity index (χ0v) is 17.0. The average molecular weight is 443 g/mol. The highest BCUT2D eigenvalue weighted by atomic mass is 79.9. The van der Waals surface area contributed by atoms with Crippen molar-refractivity contribution in [2.24, 2.45) is 0 Å². The maximum Gasteiger partial charge on any atom is 0.207 e. The van der Waals surface area contributed by atoms with Crippen molar-refractivity contribution < 1.29 is 4.74 Å². The molecule has 2 heterocycles. The molecule has 9 heteroatoms. The second kappa shape index (κ2) is 7.45. The first-order valence-electron chi connectivity index (χ1n) is 8.08. The monoisotopic (exact) mass is 442 g/mol. The Morgan fingerprint density at radius 3 is 2.63 bits per heavy atom. The van der Waals surface area contributed by atoms with Crippen LogP contribution in [0.4, 0.5) is 10.8 Å². The van der Waals surface area contributed by atoms with Crippen molar-refractivity contribution in [2.45, 2.75) is 6.92 Å². The normalized spacial score (nSPS) is 10.8. The zero-order valence-electron chi connectivity index (χ0n) is 14.5. The lowest BCUT2D eigenvalue weighted by molar-refractivity contribution is 0.415. The van der Waals surface area contributed by atoms with E-state index < -0.39 is 0 Å². The van der Waals surface area contributed by atoms with Crippen LogP contribution in [-0.4, -0.2) is 31.5 Å². The number of hydrogen-bond donors (Lipinski definition) is 1. The van der Waals surface area contributed by atoms with Gasteiger partial charge in [0.15, 0.2) is 11.5 Å². The number of halogens is 1. The van der Waals surface area contributed by atoms with Gasteiger partial charge >= 0.3 is 0 Å². The number of ether oxygens (including phenoxy) is 1. The van der Waals surface area contributed by atoms with Crippen LogP contribution < -0.4 is 10.1 Å². The molecule has 1 N–H and O–H groups in total. The topological polar surface area (TPSA) is 77.8 Å². The number of benzene rings is 2. The molecule has 27 heavy (non-hydrogen) atoms. The van der Waals surface area contributed by atoms with Gasteiger partial charge in [0, 0.05) is 21.7 Å². The van der Waals surface area contributed by atoms with Crippen molar-refractivity contribution in [2.75, 3.05) is 12.4 Å². The predicted octanol–water partition coefficient (Wildman–Crippen LogP) is 4.61. The summed E-state index contributed by atoms with van der Waals surface area (Å²) in [7, 11) is 1.64. The molecule has 0 unspecified atom stereocenters. The second-order valence-electron chi connectivity index (χ2n) is 5.66. The Hall–Kier alpha value is -2.78. The smallest absolute Gasteiger partial charge is 0.207 e. The highest BCUT2D eigenvalue weighted by molar-refractivity contribution is 9.10. The van der Waals surface area contributed by atoms with E-state index in [1.165, 1.54) is 11.5 Å². The van der Waals surface area contributed by atoms with Crippen LogP contribution in [0.3, 0.4) is 0 Å². The van der Waals surface area contributed by atoms with Crippen LogP contribution in [0.15, 0.2) is 53.0 Å². The average Bonchev–Trinajstić information content (AvgIpc) is 3.29. The summed E-state index contributed by atoms with van der Waals surface area (Å²) in [6, 6.07) is 15.5. The molecule has 0 amide bonds. The van der Waals surface area contributed by atoms with Crippen LogP contribution >= 0.6 is 27.5 Å². The lowest BCUT2D eigenvalue weighted by atomic mass is 10.3. The third kappa shape index (κ3) is 3.56. The Morgan fingerprint density at radius 1 is 1.11 bits per heavy atom. The van der Waals surface area contributed by atoms with Gasteiger partial charge in [-0.1, -0.05) is 17.3 Å². The summed E-state index contributed by atoms with van der Waals surface area (Å²) in [5.41, 5.74) is 3.35. The SMILES string of the molecule is COc1ccc(Nc2nc(-c3nnn(-c4ccccc4Br)c3C)ns2)cc1. The number of para-hydroxylation sites is 1. The minimum absolute atomic E-state index is 0.548. The number of methoxy groups -OCH3 is 1. The van der Waals surface area contributed by atoms with Gasteiger partial charge in [-0.25, -0.2) is 4.68 Å². The molecule has 136 valence electrons. The van der Waals surface area contributed by atoms with Gasteiger partial charge in [-0.05, 0) is 59.3 Å². The molecular weight excluding hydrogens is 428 g/mol. The molecule has 2 aromatic heterocycles. The highest BCUT2D eigenvalue weighted by Crippen LogP contribution is 2.28. The zero-order chi connectivity index (χ0) is 18.8. The Kier molecular flexibility index (Phi) is 4.87. The predicted molar refractivity (Wildman–Crippen MR) is 109 cm³/mol. The molecule has 4 aromatic rings. The molecule has 0 atom stereocenters. The van der Waals surface area contributed by atoms with Crippen LogP contribution in [0.2, 0.25) is 0 Å². The summed E-state index contributed by atoms with van der Waals surface area (Å²) in [4.78, 5) is 4.55. The molecule has 0 saturated heterocycles. The van der Waals surface area contributed by atoms with E-state index in [1.807, 2.05) is 55.5 Å². The minimum Gasteiger partial charge on any atom is -0.497 e. The number of nitrogens with zero attached hydrogens (tertiary/aromatic N) is 5. The highest BCUT2D eigenvalue weighted by Gasteiger charge is 2.17. The Balaban J connectivity index is 1.59. The van der Waals surface area contributed by atoms with Crippen LogP contribution in [0, 0.1) is 6.92 Å². The van der Waals surface area contributed by atoms with E-state index in [2.05, 4.69) is 40.9 Å². The molecular formula is C18H15BrN6OS. The molecule has 7 nitrogen and oxygen atoms in total. The van der Waals surface area contributed by atoms with Gasteiger partial charge in [0.1, 0.15) is 5.75 Å². The molecule has 4 rings (SSSR count). The maximum atomic E-state index is 5.17. The van der Waals surface area contributed by atoms with Crippen molar-refractivity contribution in [3.63, 3.8) is 0 Å². The minimum atomic E-state index is 0.548. The van der Waals surface area contributed by atoms with Gasteiger partial charge in [0.05, 0.1) is 18.5 Å². The van der Waals surface area contributed by atoms with E-state index >= 15 is 0 Å². The first-order valence-corrected chi connectivity index (χ1v) is 9.64. The lowest BCUT2D eigenvalue weighted by Gasteiger charge is -2.05. The number of nitrogens with one attached hydrogen (secondary N) is 1. The molecule has 0 aliphatic heterocycles. The van der Waals surface area contributed by atoms with Gasteiger partial charge in [-0.2, -0.15) is 9.36 Å². The summed E-state index contributed by atoms with van der Waals surface area (Å²) < 4.78 is 12.3. The van der Waals surface area contributed by atoms with E-state index in [9.17, 15) is 0 Å². The fourth-order valence-corrected chi connectivity index (χ4v) is 3.60. The van der Waals surface area contributed by atoms with Crippen LogP contribution in [0.5, 0.6) is 5.75 Å². The number of hydrogen-bond acceptors (Lipinski definition) is 7. The molecule has 0 spiro atoms. The summed E-state index contributed by atoms with van der Waals surface area (Å²) in [6.07, 6.45) is 0. The van der Waals surface area contributed by atoms with Gasteiger partial charge in [-0.3, -0.25) is 0 Å². The van der Waals surface area contributed by atoms with Crippen LogP contribution in [-0.2, 0) is 0 Å². The standard InChI is InChI=1S/C18H15BrN6OS/c1-11-16(22-24-25(11)15-6-4-3-5-14(15)19)17-21-18(27-23-17)20-12-7-9-13(26-2)10-8-12/h3-10H,1-2H3,(H,20,21,23). The van der Waals surface area contributed by atoms with Crippen molar-refractivity contribution in [3.05, 3.63) is 58.7 Å². The molecule has 0 aliphatic rings. The number of anilines is 2. The molecule has 0 saturated carbocycles. The van der Waals surface area contributed by atoms with E-state index in [4.69, 9.17) is 4.74 Å². The molecule has 0 fully saturated rings. The Labute approximate surface area is 168 Å². The van der Waals surface area contributed by atoms with E-state index in [-0.39, 0.29) is 0 Å². The lowest BCUT2D eigenvalue weighted by Crippen LogP contribution is -2.00. The van der Waals surface area contributed by atoms with Gasteiger partial charge < -0.3 is 10.1 Å². The van der Waals surface area contributed by atoms with Crippen molar-refractivity contribution in [3.8, 4) is 23.0 Å². The third-order valence-corrected chi connectivity index (χ3v) is 5.26. The fourth-order valence-electron chi connectivity index (χ4n) is 2.56. The summed E-state index contributed by atoms with van der Waals surface area (Å²) in [6.45, 7) is 1.95. The van der Waals surface area contributed by atoms with Gasteiger partial charge in [0.2, 0.25) is 5.13 Å². The van der Waals surface area contributed by atoms with Crippen LogP contribution in [0.25, 0.3) is 17.2 Å². The molecule has 0 aliphatic carbocycles. The third-order valence-electron chi connectivity index (χ3n) is 3.95. The van der Waals surface area contributed by atoms with Crippen molar-refractivity contribution >= 4 is 38.3 Å². The molecule has 0 radical (unpaired) electrons. The summed E-state index contributed by atoms with van der Waals surface area (Å²) in [5, 5.41) is 12.5. The van der Waals surface area contributed by atoms with E-state index in [1.54, 1.807) is 11.8 Å². The van der Waals surface area contributed by atoms with Crippen molar-refractivity contribution in [1.29, 1.82) is 0 Å². The fraction of sp³-hybridized carbons (Fsp3) is 0.111. The summed E-state index contributed by atoms with van der Waals surface area (Å²) >= 11 is 4.82. The summed E-state index contributed by atoms with van der Waals surface area (Å²) in [5.74, 6) is 1.35. The van der Waals surface area contributed by atoms with Crippen LogP contribution in [0.1, 0.15) is 5.69 Å². The van der Waals surface area contributed by atoms with E-state index in [0.717, 1.165) is 27.3 Å². The van der Waals surface area contributed by atoms with Crippen molar-refractivity contribution in [1.82, 2.24) is 24.4 Å². The number of rotatable bonds is 5.